The number of nitrogens with two attached hydrogens (primary N) is 1. The third kappa shape index (κ3) is 3.38. The maximum Gasteiger partial charge on any atom is 0.131 e. The van der Waals surface area contributed by atoms with Crippen LogP contribution in [0.25, 0.3) is 0 Å². The molecule has 0 saturated heterocycles. The molecule has 3 nitrogen and oxygen atoms in total. The molecular weight excluding hydrogens is 246 g/mol. The molecule has 0 aliphatic carbocycles. The largest absolute Gasteiger partial charge is 0.383 e. The molecule has 0 atom stereocenters. The zero-order valence-corrected chi connectivity index (χ0v) is 12.1. The lowest BCUT2D eigenvalue weighted by molar-refractivity contribution is 0.866. The average molecular weight is 267 g/mol. The van der Waals surface area contributed by atoms with Crippen molar-refractivity contribution in [3.8, 4) is 0 Å². The molecule has 2 aromatic rings. The highest BCUT2D eigenvalue weighted by Gasteiger charge is 2.02. The van der Waals surface area contributed by atoms with Crippen molar-refractivity contribution in [2.75, 3.05) is 18.0 Å². The molecule has 0 bridgehead atoms. The first-order chi connectivity index (χ1) is 9.74. The predicted molar refractivity (Wildman–Crippen MR) is 86.8 cm³/mol. The molecule has 2 rings (SSSR count). The molecule has 0 saturated carbocycles. The maximum atomic E-state index is 6.02. The van der Waals surface area contributed by atoms with Crippen LogP contribution in [0.15, 0.2) is 59.6 Å². The monoisotopic (exact) mass is 267 g/mol. The Hall–Kier alpha value is -2.29. The van der Waals surface area contributed by atoms with Gasteiger partial charge in [-0.05, 0) is 38.1 Å². The predicted octanol–water partition coefficient (Wildman–Crippen LogP) is 3.57. The van der Waals surface area contributed by atoms with E-state index < -0.39 is 0 Å². The molecule has 0 radical (unpaired) electrons. The average Bonchev–Trinajstić information content (AvgIpc) is 2.51. The number of anilines is 1. The summed E-state index contributed by atoms with van der Waals surface area (Å²) in [5.41, 5.74) is 9.05. The van der Waals surface area contributed by atoms with E-state index in [-0.39, 0.29) is 0 Å². The van der Waals surface area contributed by atoms with E-state index in [4.69, 9.17) is 5.73 Å². The van der Waals surface area contributed by atoms with Crippen molar-refractivity contribution in [1.29, 1.82) is 0 Å². The second-order valence-electron chi connectivity index (χ2n) is 4.55. The maximum absolute atomic E-state index is 6.02. The van der Waals surface area contributed by atoms with Crippen molar-refractivity contribution in [1.82, 2.24) is 0 Å². The molecule has 20 heavy (non-hydrogen) atoms. The van der Waals surface area contributed by atoms with Gasteiger partial charge in [0.1, 0.15) is 5.84 Å². The summed E-state index contributed by atoms with van der Waals surface area (Å²) in [4.78, 5) is 6.76. The summed E-state index contributed by atoms with van der Waals surface area (Å²) in [6.07, 6.45) is 0. The minimum Gasteiger partial charge on any atom is -0.383 e. The number of hydrogen-bond acceptors (Lipinski definition) is 2. The molecule has 0 aromatic heterocycles. The second-order valence-corrected chi connectivity index (χ2v) is 4.55. The first-order valence-corrected chi connectivity index (χ1v) is 6.99. The number of aliphatic imine (C=N–C) groups is 1. The summed E-state index contributed by atoms with van der Waals surface area (Å²) < 4.78 is 0. The van der Waals surface area contributed by atoms with Crippen molar-refractivity contribution in [3.05, 3.63) is 60.2 Å². The molecule has 2 aromatic carbocycles. The molecule has 0 spiro atoms. The van der Waals surface area contributed by atoms with Gasteiger partial charge in [-0.25, -0.2) is 4.99 Å². The molecule has 2 N–H and O–H groups in total. The molecular formula is C17H21N3. The van der Waals surface area contributed by atoms with Gasteiger partial charge in [-0.15, -0.1) is 0 Å². The van der Waals surface area contributed by atoms with Gasteiger partial charge in [-0.3, -0.25) is 0 Å². The Bertz CT molecular complexity index is 555. The highest BCUT2D eigenvalue weighted by Crippen LogP contribution is 2.20. The lowest BCUT2D eigenvalue weighted by Crippen LogP contribution is -2.21. The van der Waals surface area contributed by atoms with Crippen LogP contribution in [0.4, 0.5) is 11.4 Å². The third-order valence-corrected chi connectivity index (χ3v) is 3.30. The Labute approximate surface area is 120 Å². The van der Waals surface area contributed by atoms with E-state index >= 15 is 0 Å². The lowest BCUT2D eigenvalue weighted by Gasteiger charge is -2.20. The minimum absolute atomic E-state index is 0.543. The number of nitrogens with zero attached hydrogens (tertiary/aromatic N) is 2. The van der Waals surface area contributed by atoms with E-state index in [1.165, 1.54) is 5.69 Å². The van der Waals surface area contributed by atoms with Crippen molar-refractivity contribution >= 4 is 17.2 Å². The standard InChI is InChI=1S/C17H21N3/c1-3-20(4-2)16-12-10-15(11-13-16)19-17(18)14-8-6-5-7-9-14/h5-13H,3-4H2,1-2H3,(H2,18,19). The topological polar surface area (TPSA) is 41.6 Å². The van der Waals surface area contributed by atoms with Crippen molar-refractivity contribution in [2.24, 2.45) is 10.7 Å². The molecule has 0 aliphatic heterocycles. The summed E-state index contributed by atoms with van der Waals surface area (Å²) in [5, 5.41) is 0. The zero-order valence-electron chi connectivity index (χ0n) is 12.1. The molecule has 0 aliphatic rings. The van der Waals surface area contributed by atoms with E-state index in [1.807, 2.05) is 42.5 Å². The highest BCUT2D eigenvalue weighted by molar-refractivity contribution is 5.99. The van der Waals surface area contributed by atoms with Crippen molar-refractivity contribution in [2.45, 2.75) is 13.8 Å². The van der Waals surface area contributed by atoms with Gasteiger partial charge in [0.05, 0.1) is 5.69 Å². The highest BCUT2D eigenvalue weighted by atomic mass is 15.1. The third-order valence-electron chi connectivity index (χ3n) is 3.30. The van der Waals surface area contributed by atoms with Gasteiger partial charge in [0.2, 0.25) is 0 Å². The fraction of sp³-hybridized carbons (Fsp3) is 0.235. The van der Waals surface area contributed by atoms with Crippen LogP contribution in [0, 0.1) is 0 Å². The van der Waals surface area contributed by atoms with E-state index in [0.29, 0.717) is 5.84 Å². The smallest absolute Gasteiger partial charge is 0.131 e. The molecule has 0 unspecified atom stereocenters. The first kappa shape index (κ1) is 14.1. The quantitative estimate of drug-likeness (QED) is 0.664. The lowest BCUT2D eigenvalue weighted by atomic mass is 10.2. The van der Waals surface area contributed by atoms with Crippen LogP contribution in [0.5, 0.6) is 0 Å². The van der Waals surface area contributed by atoms with Gasteiger partial charge >= 0.3 is 0 Å². The zero-order chi connectivity index (χ0) is 14.4. The SMILES string of the molecule is CCN(CC)c1ccc(N=C(N)c2ccccc2)cc1. The van der Waals surface area contributed by atoms with Crippen LogP contribution >= 0.6 is 0 Å². The number of benzene rings is 2. The molecule has 104 valence electrons. The summed E-state index contributed by atoms with van der Waals surface area (Å²) in [6.45, 7) is 6.32. The fourth-order valence-electron chi connectivity index (χ4n) is 2.14. The van der Waals surface area contributed by atoms with E-state index in [0.717, 1.165) is 24.3 Å². The van der Waals surface area contributed by atoms with Crippen LogP contribution in [-0.4, -0.2) is 18.9 Å². The Morgan fingerprint density at radius 3 is 2.10 bits per heavy atom. The van der Waals surface area contributed by atoms with Crippen molar-refractivity contribution < 1.29 is 0 Å². The van der Waals surface area contributed by atoms with E-state index in [9.17, 15) is 0 Å². The van der Waals surface area contributed by atoms with Crippen LogP contribution < -0.4 is 10.6 Å². The summed E-state index contributed by atoms with van der Waals surface area (Å²) in [6, 6.07) is 18.0. The van der Waals surface area contributed by atoms with Crippen molar-refractivity contribution in [3.63, 3.8) is 0 Å². The number of rotatable bonds is 5. The Kier molecular flexibility index (Phi) is 4.77. The first-order valence-electron chi connectivity index (χ1n) is 6.99. The van der Waals surface area contributed by atoms with Gasteiger partial charge in [0, 0.05) is 24.3 Å². The number of amidine groups is 1. The molecule has 3 heteroatoms. The van der Waals surface area contributed by atoms with Crippen LogP contribution in [0.2, 0.25) is 0 Å². The second kappa shape index (κ2) is 6.75. The van der Waals surface area contributed by atoms with Gasteiger partial charge in [0.15, 0.2) is 0 Å². The van der Waals surface area contributed by atoms with Gasteiger partial charge in [0.25, 0.3) is 0 Å². The van der Waals surface area contributed by atoms with E-state index in [1.54, 1.807) is 0 Å². The minimum atomic E-state index is 0.543. The van der Waals surface area contributed by atoms with Crippen LogP contribution in [-0.2, 0) is 0 Å². The van der Waals surface area contributed by atoms with Gasteiger partial charge < -0.3 is 10.6 Å². The van der Waals surface area contributed by atoms with Crippen LogP contribution in [0.3, 0.4) is 0 Å². The molecule has 0 amide bonds. The summed E-state index contributed by atoms with van der Waals surface area (Å²) in [7, 11) is 0. The Morgan fingerprint density at radius 1 is 0.950 bits per heavy atom. The Morgan fingerprint density at radius 2 is 1.55 bits per heavy atom. The fourth-order valence-corrected chi connectivity index (χ4v) is 2.14. The van der Waals surface area contributed by atoms with E-state index in [2.05, 4.69) is 35.9 Å². The van der Waals surface area contributed by atoms with Crippen LogP contribution in [0.1, 0.15) is 19.4 Å². The van der Waals surface area contributed by atoms with Gasteiger partial charge in [-0.1, -0.05) is 30.3 Å². The molecule has 0 heterocycles. The number of hydrogen-bond donors (Lipinski definition) is 1. The Balaban J connectivity index is 2.18. The molecule has 0 fully saturated rings. The summed E-state index contributed by atoms with van der Waals surface area (Å²) in [5.74, 6) is 0.543. The normalized spacial score (nSPS) is 11.4. The van der Waals surface area contributed by atoms with Gasteiger partial charge in [-0.2, -0.15) is 0 Å². The summed E-state index contributed by atoms with van der Waals surface area (Å²) >= 11 is 0.